The molecule has 1 N–H and O–H groups in total. The molecule has 0 bridgehead atoms. The van der Waals surface area contributed by atoms with Crippen LogP contribution in [0.3, 0.4) is 0 Å². The maximum absolute atomic E-state index is 12.7. The van der Waals surface area contributed by atoms with Crippen molar-refractivity contribution < 1.29 is 13.2 Å². The van der Waals surface area contributed by atoms with E-state index in [4.69, 9.17) is 0 Å². The predicted octanol–water partition coefficient (Wildman–Crippen LogP) is 2.14. The predicted molar refractivity (Wildman–Crippen MR) is 103 cm³/mol. The lowest BCUT2D eigenvalue weighted by Crippen LogP contribution is -2.40. The highest BCUT2D eigenvalue weighted by Crippen LogP contribution is 2.31. The first-order chi connectivity index (χ1) is 12.5. The van der Waals surface area contributed by atoms with Crippen molar-refractivity contribution in [1.29, 1.82) is 0 Å². The van der Waals surface area contributed by atoms with Gasteiger partial charge in [0.05, 0.1) is 11.4 Å². The second-order valence-corrected chi connectivity index (χ2v) is 9.04. The molecule has 1 aliphatic heterocycles. The lowest BCUT2D eigenvalue weighted by molar-refractivity contribution is -0.120. The Labute approximate surface area is 156 Å². The number of benzene rings is 1. The van der Waals surface area contributed by atoms with Crippen molar-refractivity contribution in [3.8, 4) is 0 Å². The van der Waals surface area contributed by atoms with Crippen LogP contribution in [0, 0.1) is 0 Å². The van der Waals surface area contributed by atoms with Gasteiger partial charge in [0, 0.05) is 31.4 Å². The molecule has 1 heterocycles. The van der Waals surface area contributed by atoms with E-state index in [1.54, 1.807) is 12.1 Å². The Hall–Kier alpha value is -1.60. The van der Waals surface area contributed by atoms with Gasteiger partial charge in [0.15, 0.2) is 0 Å². The highest BCUT2D eigenvalue weighted by atomic mass is 32.2. The molecule has 2 aliphatic rings. The number of nitrogens with one attached hydrogen (secondary N) is 1. The Morgan fingerprint density at radius 1 is 1.23 bits per heavy atom. The Morgan fingerprint density at radius 2 is 1.92 bits per heavy atom. The molecule has 0 saturated heterocycles. The first kappa shape index (κ1) is 19.2. The van der Waals surface area contributed by atoms with Crippen LogP contribution in [0.25, 0.3) is 0 Å². The molecular weight excluding hydrogens is 350 g/mol. The molecule has 0 spiro atoms. The molecule has 0 radical (unpaired) electrons. The summed E-state index contributed by atoms with van der Waals surface area (Å²) < 4.78 is 26.9. The topological polar surface area (TPSA) is 69.7 Å². The average Bonchev–Trinajstić information content (AvgIpc) is 3.25. The van der Waals surface area contributed by atoms with Gasteiger partial charge in [-0.15, -0.1) is 0 Å². The smallest absolute Gasteiger partial charge is 0.243 e. The number of fused-ring (bicyclic) bond motifs is 1. The van der Waals surface area contributed by atoms with Crippen LogP contribution >= 0.6 is 0 Å². The average molecular weight is 380 g/mol. The summed E-state index contributed by atoms with van der Waals surface area (Å²) in [6.07, 6.45) is 5.32. The Morgan fingerprint density at radius 3 is 2.58 bits per heavy atom. The number of hydrogen-bond acceptors (Lipinski definition) is 4. The molecule has 1 aromatic rings. The molecule has 0 unspecified atom stereocenters. The second-order valence-electron chi connectivity index (χ2n) is 7.10. The van der Waals surface area contributed by atoms with Crippen molar-refractivity contribution in [3.63, 3.8) is 0 Å². The molecule has 1 aromatic carbocycles. The maximum Gasteiger partial charge on any atom is 0.243 e. The third-order valence-electron chi connectivity index (χ3n) is 5.44. The summed E-state index contributed by atoms with van der Waals surface area (Å²) in [6.45, 7) is 5.71. The third kappa shape index (κ3) is 3.88. The van der Waals surface area contributed by atoms with Crippen LogP contribution in [0.4, 0.5) is 5.69 Å². The van der Waals surface area contributed by atoms with Gasteiger partial charge in [0.1, 0.15) is 0 Å². The van der Waals surface area contributed by atoms with Crippen molar-refractivity contribution in [2.24, 2.45) is 0 Å². The van der Waals surface area contributed by atoms with Crippen LogP contribution in [-0.2, 0) is 21.2 Å². The molecule has 26 heavy (non-hydrogen) atoms. The van der Waals surface area contributed by atoms with Crippen LogP contribution in [0.5, 0.6) is 0 Å². The number of anilines is 1. The van der Waals surface area contributed by atoms with Gasteiger partial charge in [0.2, 0.25) is 15.9 Å². The minimum Gasteiger partial charge on any atom is -0.362 e. The van der Waals surface area contributed by atoms with Crippen molar-refractivity contribution in [2.45, 2.75) is 56.9 Å². The van der Waals surface area contributed by atoms with Crippen molar-refractivity contribution in [1.82, 2.24) is 9.62 Å². The molecule has 1 amide bonds. The number of amides is 1. The zero-order chi connectivity index (χ0) is 18.7. The standard InChI is InChI=1S/C19H29N3O3S/c1-3-22(4-2)26(24,25)17-9-10-18-15(13-17)11-12-21(18)14-19(23)20-16-7-5-6-8-16/h9-10,13,16H,3-8,11-12,14H2,1-2H3,(H,20,23). The minimum absolute atomic E-state index is 0.0598. The number of carbonyl (C=O) groups is 1. The van der Waals surface area contributed by atoms with Crippen LogP contribution < -0.4 is 10.2 Å². The van der Waals surface area contributed by atoms with Gasteiger partial charge in [0.25, 0.3) is 0 Å². The first-order valence-corrected chi connectivity index (χ1v) is 11.1. The van der Waals surface area contributed by atoms with Gasteiger partial charge in [-0.2, -0.15) is 4.31 Å². The maximum atomic E-state index is 12.7. The van der Waals surface area contributed by atoms with Crippen LogP contribution in [0.15, 0.2) is 23.1 Å². The van der Waals surface area contributed by atoms with E-state index >= 15 is 0 Å². The fraction of sp³-hybridized carbons (Fsp3) is 0.632. The summed E-state index contributed by atoms with van der Waals surface area (Å²) in [5.74, 6) is 0.0598. The van der Waals surface area contributed by atoms with Gasteiger partial charge in [-0.05, 0) is 43.0 Å². The highest BCUT2D eigenvalue weighted by molar-refractivity contribution is 7.89. The monoisotopic (exact) mass is 379 g/mol. The summed E-state index contributed by atoms with van der Waals surface area (Å²) in [5.41, 5.74) is 1.98. The van der Waals surface area contributed by atoms with Crippen molar-refractivity contribution in [2.75, 3.05) is 31.1 Å². The second kappa shape index (κ2) is 7.96. The first-order valence-electron chi connectivity index (χ1n) is 9.63. The Balaban J connectivity index is 1.71. The molecule has 144 valence electrons. The molecule has 1 aliphatic carbocycles. The van der Waals surface area contributed by atoms with Crippen LogP contribution in [0.2, 0.25) is 0 Å². The third-order valence-corrected chi connectivity index (χ3v) is 7.49. The number of sulfonamides is 1. The van der Waals surface area contributed by atoms with Crippen LogP contribution in [-0.4, -0.2) is 50.9 Å². The number of carbonyl (C=O) groups excluding carboxylic acids is 1. The number of nitrogens with zero attached hydrogens (tertiary/aromatic N) is 2. The normalized spacial score (nSPS) is 17.7. The molecule has 7 heteroatoms. The molecule has 6 nitrogen and oxygen atoms in total. The van der Waals surface area contributed by atoms with Gasteiger partial charge in [-0.25, -0.2) is 8.42 Å². The Bertz CT molecular complexity index is 753. The molecule has 0 aromatic heterocycles. The zero-order valence-electron chi connectivity index (χ0n) is 15.7. The van der Waals surface area contributed by atoms with E-state index in [1.165, 1.54) is 17.1 Å². The Kier molecular flexibility index (Phi) is 5.87. The summed E-state index contributed by atoms with van der Waals surface area (Å²) in [6, 6.07) is 5.62. The van der Waals surface area contributed by atoms with Gasteiger partial charge < -0.3 is 10.2 Å². The molecule has 3 rings (SSSR count). The fourth-order valence-corrected chi connectivity index (χ4v) is 5.51. The highest BCUT2D eigenvalue weighted by Gasteiger charge is 2.27. The van der Waals surface area contributed by atoms with E-state index in [0.717, 1.165) is 37.1 Å². The minimum atomic E-state index is -3.44. The lowest BCUT2D eigenvalue weighted by atomic mass is 10.2. The summed E-state index contributed by atoms with van der Waals surface area (Å²) >= 11 is 0. The molecular formula is C19H29N3O3S. The number of hydrogen-bond donors (Lipinski definition) is 1. The molecule has 1 saturated carbocycles. The SMILES string of the molecule is CCN(CC)S(=O)(=O)c1ccc2c(c1)CCN2CC(=O)NC1CCCC1. The summed E-state index contributed by atoms with van der Waals surface area (Å²) in [4.78, 5) is 14.7. The van der Waals surface area contributed by atoms with E-state index in [-0.39, 0.29) is 5.91 Å². The zero-order valence-corrected chi connectivity index (χ0v) is 16.5. The summed E-state index contributed by atoms with van der Waals surface area (Å²) in [7, 11) is -3.44. The molecule has 0 atom stereocenters. The van der Waals surface area contributed by atoms with E-state index in [2.05, 4.69) is 5.32 Å². The van der Waals surface area contributed by atoms with Crippen molar-refractivity contribution in [3.05, 3.63) is 23.8 Å². The van der Waals surface area contributed by atoms with E-state index in [0.29, 0.717) is 30.6 Å². The van der Waals surface area contributed by atoms with Gasteiger partial charge >= 0.3 is 0 Å². The van der Waals surface area contributed by atoms with E-state index in [1.807, 2.05) is 24.8 Å². The lowest BCUT2D eigenvalue weighted by Gasteiger charge is -2.22. The fourth-order valence-electron chi connectivity index (χ4n) is 4.00. The quantitative estimate of drug-likeness (QED) is 0.788. The van der Waals surface area contributed by atoms with Crippen LogP contribution in [0.1, 0.15) is 45.1 Å². The largest absolute Gasteiger partial charge is 0.362 e. The van der Waals surface area contributed by atoms with E-state index < -0.39 is 10.0 Å². The van der Waals surface area contributed by atoms with Gasteiger partial charge in [-0.1, -0.05) is 26.7 Å². The van der Waals surface area contributed by atoms with Crippen molar-refractivity contribution >= 4 is 21.6 Å². The van der Waals surface area contributed by atoms with Gasteiger partial charge in [-0.3, -0.25) is 4.79 Å². The van der Waals surface area contributed by atoms with E-state index in [9.17, 15) is 13.2 Å². The number of rotatable bonds is 7. The molecule has 1 fully saturated rings. The summed E-state index contributed by atoms with van der Waals surface area (Å²) in [5, 5.41) is 3.12.